The Labute approximate surface area is 72.5 Å². The topological polar surface area (TPSA) is 32.8 Å². The van der Waals surface area contributed by atoms with Crippen molar-refractivity contribution in [1.82, 2.24) is 0 Å². The van der Waals surface area contributed by atoms with Gasteiger partial charge in [-0.05, 0) is 18.8 Å². The smallest absolute Gasteiger partial charge is 0.0976 e. The zero-order valence-electron chi connectivity index (χ0n) is 6.79. The SMILES string of the molecule is CC(CO)CC[C@@H]1O[C@H]1CCl. The number of epoxide rings is 1. The van der Waals surface area contributed by atoms with E-state index in [9.17, 15) is 0 Å². The van der Waals surface area contributed by atoms with E-state index in [0.717, 1.165) is 12.8 Å². The lowest BCUT2D eigenvalue weighted by molar-refractivity contribution is 0.224. The molecule has 66 valence electrons. The van der Waals surface area contributed by atoms with Crippen LogP contribution in [0.2, 0.25) is 0 Å². The lowest BCUT2D eigenvalue weighted by Gasteiger charge is -2.04. The molecular weight excluding hydrogens is 164 g/mol. The van der Waals surface area contributed by atoms with Crippen molar-refractivity contribution < 1.29 is 9.84 Å². The molecule has 0 radical (unpaired) electrons. The molecule has 0 spiro atoms. The summed E-state index contributed by atoms with van der Waals surface area (Å²) >= 11 is 5.57. The molecule has 0 aromatic carbocycles. The summed E-state index contributed by atoms with van der Waals surface area (Å²) in [4.78, 5) is 0. The summed E-state index contributed by atoms with van der Waals surface area (Å²) in [5, 5.41) is 8.72. The Morgan fingerprint density at radius 3 is 2.73 bits per heavy atom. The summed E-state index contributed by atoms with van der Waals surface area (Å²) in [6, 6.07) is 0. The molecule has 1 N–H and O–H groups in total. The van der Waals surface area contributed by atoms with Crippen LogP contribution in [0.15, 0.2) is 0 Å². The predicted octanol–water partition coefficient (Wildman–Crippen LogP) is 1.40. The Morgan fingerprint density at radius 2 is 2.27 bits per heavy atom. The Balaban J connectivity index is 1.97. The van der Waals surface area contributed by atoms with Crippen LogP contribution in [0.1, 0.15) is 19.8 Å². The van der Waals surface area contributed by atoms with Gasteiger partial charge in [-0.2, -0.15) is 0 Å². The van der Waals surface area contributed by atoms with E-state index in [2.05, 4.69) is 0 Å². The molecule has 3 atom stereocenters. The molecule has 3 heteroatoms. The summed E-state index contributed by atoms with van der Waals surface area (Å²) in [5.74, 6) is 1.01. The van der Waals surface area contributed by atoms with Crippen molar-refractivity contribution in [3.8, 4) is 0 Å². The maximum atomic E-state index is 8.72. The van der Waals surface area contributed by atoms with Crippen LogP contribution in [-0.2, 0) is 4.74 Å². The summed E-state index contributed by atoms with van der Waals surface area (Å²) in [5.41, 5.74) is 0. The van der Waals surface area contributed by atoms with Gasteiger partial charge in [0, 0.05) is 6.61 Å². The second-order valence-corrected chi connectivity index (χ2v) is 3.54. The molecular formula is C8H15ClO2. The number of aliphatic hydroxyl groups excluding tert-OH is 1. The van der Waals surface area contributed by atoms with Gasteiger partial charge in [-0.15, -0.1) is 11.6 Å². The van der Waals surface area contributed by atoms with Crippen molar-refractivity contribution in [2.24, 2.45) is 5.92 Å². The molecule has 2 nitrogen and oxygen atoms in total. The average Bonchev–Trinajstić information content (AvgIpc) is 2.78. The number of ether oxygens (including phenoxy) is 1. The molecule has 0 aromatic heterocycles. The van der Waals surface area contributed by atoms with E-state index >= 15 is 0 Å². The van der Waals surface area contributed by atoms with Crippen molar-refractivity contribution in [3.05, 3.63) is 0 Å². The van der Waals surface area contributed by atoms with Crippen molar-refractivity contribution in [3.63, 3.8) is 0 Å². The van der Waals surface area contributed by atoms with E-state index in [1.165, 1.54) is 0 Å². The van der Waals surface area contributed by atoms with Crippen LogP contribution in [0.3, 0.4) is 0 Å². The number of hydrogen-bond acceptors (Lipinski definition) is 2. The van der Waals surface area contributed by atoms with E-state index in [1.807, 2.05) is 6.92 Å². The highest BCUT2D eigenvalue weighted by molar-refractivity contribution is 6.18. The summed E-state index contributed by atoms with van der Waals surface area (Å²) in [6.07, 6.45) is 2.75. The highest BCUT2D eigenvalue weighted by Crippen LogP contribution is 2.28. The van der Waals surface area contributed by atoms with E-state index in [4.69, 9.17) is 21.4 Å². The number of hydrogen-bond donors (Lipinski definition) is 1. The third-order valence-electron chi connectivity index (χ3n) is 2.10. The summed E-state index contributed by atoms with van der Waals surface area (Å²) < 4.78 is 5.25. The molecule has 1 rings (SSSR count). The molecule has 11 heavy (non-hydrogen) atoms. The fraction of sp³-hybridized carbons (Fsp3) is 1.00. The van der Waals surface area contributed by atoms with Gasteiger partial charge in [0.05, 0.1) is 18.1 Å². The van der Waals surface area contributed by atoms with Crippen molar-refractivity contribution >= 4 is 11.6 Å². The minimum Gasteiger partial charge on any atom is -0.396 e. The minimum absolute atomic E-state index is 0.276. The monoisotopic (exact) mass is 178 g/mol. The van der Waals surface area contributed by atoms with E-state index in [-0.39, 0.29) is 6.61 Å². The van der Waals surface area contributed by atoms with Crippen molar-refractivity contribution in [2.75, 3.05) is 12.5 Å². The van der Waals surface area contributed by atoms with Crippen molar-refractivity contribution in [1.29, 1.82) is 0 Å². The molecule has 1 heterocycles. The Hall–Kier alpha value is 0.210. The van der Waals surface area contributed by atoms with Gasteiger partial charge in [-0.25, -0.2) is 0 Å². The first-order valence-corrected chi connectivity index (χ1v) is 4.63. The molecule has 1 aliphatic heterocycles. The third kappa shape index (κ3) is 2.97. The first-order valence-electron chi connectivity index (χ1n) is 4.10. The summed E-state index contributed by atoms with van der Waals surface area (Å²) in [6.45, 7) is 2.32. The molecule has 0 aromatic rings. The van der Waals surface area contributed by atoms with Crippen LogP contribution >= 0.6 is 11.6 Å². The molecule has 1 unspecified atom stereocenters. The molecule has 0 saturated carbocycles. The van der Waals surface area contributed by atoms with Crippen LogP contribution in [-0.4, -0.2) is 29.8 Å². The Bertz CT molecular complexity index is 119. The highest BCUT2D eigenvalue weighted by atomic mass is 35.5. The van der Waals surface area contributed by atoms with Crippen LogP contribution < -0.4 is 0 Å². The molecule has 0 aliphatic carbocycles. The second kappa shape index (κ2) is 4.29. The van der Waals surface area contributed by atoms with Crippen molar-refractivity contribution in [2.45, 2.75) is 32.0 Å². The molecule has 1 saturated heterocycles. The van der Waals surface area contributed by atoms with Gasteiger partial charge in [0.25, 0.3) is 0 Å². The molecule has 1 aliphatic rings. The predicted molar refractivity (Wildman–Crippen MR) is 44.9 cm³/mol. The quantitative estimate of drug-likeness (QED) is 0.510. The maximum Gasteiger partial charge on any atom is 0.0976 e. The van der Waals surface area contributed by atoms with Gasteiger partial charge in [-0.3, -0.25) is 0 Å². The zero-order valence-corrected chi connectivity index (χ0v) is 7.55. The second-order valence-electron chi connectivity index (χ2n) is 3.23. The number of aliphatic hydroxyl groups is 1. The number of halogens is 1. The van der Waals surface area contributed by atoms with Gasteiger partial charge in [0.15, 0.2) is 0 Å². The molecule has 0 amide bonds. The van der Waals surface area contributed by atoms with E-state index in [1.54, 1.807) is 0 Å². The molecule has 0 bridgehead atoms. The normalized spacial score (nSPS) is 31.9. The lowest BCUT2D eigenvalue weighted by atomic mass is 10.0. The standard InChI is InChI=1S/C8H15ClO2/c1-6(5-10)2-3-7-8(4-9)11-7/h6-8,10H,2-5H2,1H3/t6?,7-,8-/m0/s1. The van der Waals surface area contributed by atoms with E-state index < -0.39 is 0 Å². The fourth-order valence-electron chi connectivity index (χ4n) is 1.11. The lowest BCUT2D eigenvalue weighted by Crippen LogP contribution is -2.03. The number of alkyl halides is 1. The minimum atomic E-state index is 0.276. The molecule has 1 fully saturated rings. The third-order valence-corrected chi connectivity index (χ3v) is 2.40. The van der Waals surface area contributed by atoms with Gasteiger partial charge in [0.1, 0.15) is 0 Å². The maximum absolute atomic E-state index is 8.72. The Kier molecular flexibility index (Phi) is 3.63. The van der Waals surface area contributed by atoms with Crippen LogP contribution in [0.25, 0.3) is 0 Å². The number of rotatable bonds is 5. The summed E-state index contributed by atoms with van der Waals surface area (Å²) in [7, 11) is 0. The van der Waals surface area contributed by atoms with Crippen LogP contribution in [0.4, 0.5) is 0 Å². The van der Waals surface area contributed by atoms with Gasteiger partial charge < -0.3 is 9.84 Å². The largest absolute Gasteiger partial charge is 0.396 e. The Morgan fingerprint density at radius 1 is 1.55 bits per heavy atom. The zero-order chi connectivity index (χ0) is 8.27. The first kappa shape index (κ1) is 9.30. The van der Waals surface area contributed by atoms with Gasteiger partial charge >= 0.3 is 0 Å². The first-order chi connectivity index (χ1) is 5.27. The van der Waals surface area contributed by atoms with E-state index in [0.29, 0.717) is 24.0 Å². The highest BCUT2D eigenvalue weighted by Gasteiger charge is 2.37. The fourth-order valence-corrected chi connectivity index (χ4v) is 1.38. The van der Waals surface area contributed by atoms with Crippen LogP contribution in [0.5, 0.6) is 0 Å². The van der Waals surface area contributed by atoms with Crippen LogP contribution in [0, 0.1) is 5.92 Å². The van der Waals surface area contributed by atoms with Gasteiger partial charge in [0.2, 0.25) is 0 Å². The average molecular weight is 179 g/mol. The van der Waals surface area contributed by atoms with Gasteiger partial charge in [-0.1, -0.05) is 6.92 Å².